The van der Waals surface area contributed by atoms with Crippen molar-refractivity contribution < 1.29 is 9.53 Å². The monoisotopic (exact) mass is 259 g/mol. The van der Waals surface area contributed by atoms with E-state index in [4.69, 9.17) is 4.74 Å². The van der Waals surface area contributed by atoms with Crippen LogP contribution in [0.15, 0.2) is 36.7 Å². The molecule has 0 bridgehead atoms. The molecule has 1 heterocycles. The van der Waals surface area contributed by atoms with Gasteiger partial charge < -0.3 is 10.1 Å². The number of amides is 1. The Morgan fingerprint density at radius 2 is 2.32 bits per heavy atom. The van der Waals surface area contributed by atoms with E-state index in [0.29, 0.717) is 18.7 Å². The quantitative estimate of drug-likeness (QED) is 0.778. The predicted molar refractivity (Wildman–Crippen MR) is 72.8 cm³/mol. The van der Waals surface area contributed by atoms with Gasteiger partial charge in [-0.2, -0.15) is 5.10 Å². The molecule has 0 aliphatic rings. The van der Waals surface area contributed by atoms with Crippen LogP contribution in [0, 0.1) is 0 Å². The molecule has 19 heavy (non-hydrogen) atoms. The van der Waals surface area contributed by atoms with Crippen molar-refractivity contribution in [3.8, 4) is 11.1 Å². The summed E-state index contributed by atoms with van der Waals surface area (Å²) in [5.74, 6) is -0.0681. The average Bonchev–Trinajstić information content (AvgIpc) is 2.98. The molecule has 0 saturated carbocycles. The van der Waals surface area contributed by atoms with E-state index < -0.39 is 0 Å². The number of aromatic nitrogens is 2. The number of aromatic amines is 1. The third-order valence-electron chi connectivity index (χ3n) is 2.77. The standard InChI is InChI=1S/C14H17N3O2/c1-19-7-3-6-15-14(18)12-5-2-4-11(8-12)13-9-16-17-10-13/h2,4-5,8-10H,3,6-7H2,1H3,(H,15,18)(H,16,17). The van der Waals surface area contributed by atoms with E-state index in [0.717, 1.165) is 17.5 Å². The summed E-state index contributed by atoms with van der Waals surface area (Å²) in [6, 6.07) is 7.48. The summed E-state index contributed by atoms with van der Waals surface area (Å²) in [5, 5.41) is 9.53. The average molecular weight is 259 g/mol. The molecular formula is C14H17N3O2. The van der Waals surface area contributed by atoms with E-state index in [-0.39, 0.29) is 5.91 Å². The smallest absolute Gasteiger partial charge is 0.251 e. The van der Waals surface area contributed by atoms with E-state index >= 15 is 0 Å². The molecule has 0 atom stereocenters. The minimum Gasteiger partial charge on any atom is -0.385 e. The number of hydrogen-bond acceptors (Lipinski definition) is 3. The van der Waals surface area contributed by atoms with Crippen molar-refractivity contribution in [2.24, 2.45) is 0 Å². The normalized spacial score (nSPS) is 10.4. The highest BCUT2D eigenvalue weighted by molar-refractivity contribution is 5.95. The van der Waals surface area contributed by atoms with Crippen molar-refractivity contribution >= 4 is 5.91 Å². The van der Waals surface area contributed by atoms with Gasteiger partial charge in [-0.05, 0) is 24.1 Å². The molecule has 2 N–H and O–H groups in total. The second kappa shape index (κ2) is 6.70. The number of benzene rings is 1. The van der Waals surface area contributed by atoms with Crippen molar-refractivity contribution in [2.45, 2.75) is 6.42 Å². The second-order valence-electron chi connectivity index (χ2n) is 4.17. The van der Waals surface area contributed by atoms with Crippen LogP contribution in [-0.4, -0.2) is 36.4 Å². The lowest BCUT2D eigenvalue weighted by molar-refractivity contribution is 0.0948. The van der Waals surface area contributed by atoms with Gasteiger partial charge in [-0.1, -0.05) is 12.1 Å². The Morgan fingerprint density at radius 3 is 3.05 bits per heavy atom. The number of hydrogen-bond donors (Lipinski definition) is 2. The molecule has 0 radical (unpaired) electrons. The van der Waals surface area contributed by atoms with E-state index in [1.54, 1.807) is 25.6 Å². The zero-order valence-electron chi connectivity index (χ0n) is 10.8. The number of nitrogens with one attached hydrogen (secondary N) is 2. The first-order chi connectivity index (χ1) is 9.31. The summed E-state index contributed by atoms with van der Waals surface area (Å²) in [6.07, 6.45) is 4.34. The molecular weight excluding hydrogens is 242 g/mol. The van der Waals surface area contributed by atoms with Gasteiger partial charge in [-0.15, -0.1) is 0 Å². The third-order valence-corrected chi connectivity index (χ3v) is 2.77. The number of nitrogens with zero attached hydrogens (tertiary/aromatic N) is 1. The maximum atomic E-state index is 12.0. The van der Waals surface area contributed by atoms with Gasteiger partial charge in [0.1, 0.15) is 0 Å². The van der Waals surface area contributed by atoms with Gasteiger partial charge in [0.05, 0.1) is 6.20 Å². The molecule has 1 aromatic carbocycles. The minimum absolute atomic E-state index is 0.0681. The molecule has 0 spiro atoms. The van der Waals surface area contributed by atoms with Crippen molar-refractivity contribution in [1.82, 2.24) is 15.5 Å². The van der Waals surface area contributed by atoms with E-state index in [1.165, 1.54) is 0 Å². The highest BCUT2D eigenvalue weighted by Gasteiger charge is 2.06. The Morgan fingerprint density at radius 1 is 1.42 bits per heavy atom. The third kappa shape index (κ3) is 3.66. The van der Waals surface area contributed by atoms with Crippen molar-refractivity contribution in [2.75, 3.05) is 20.3 Å². The van der Waals surface area contributed by atoms with Crippen LogP contribution in [0.25, 0.3) is 11.1 Å². The predicted octanol–water partition coefficient (Wildman–Crippen LogP) is 1.84. The van der Waals surface area contributed by atoms with Gasteiger partial charge in [0, 0.05) is 37.6 Å². The van der Waals surface area contributed by atoms with Crippen LogP contribution < -0.4 is 5.32 Å². The van der Waals surface area contributed by atoms with Crippen LogP contribution in [0.5, 0.6) is 0 Å². The van der Waals surface area contributed by atoms with Gasteiger partial charge >= 0.3 is 0 Å². The second-order valence-corrected chi connectivity index (χ2v) is 4.17. The van der Waals surface area contributed by atoms with E-state index in [1.807, 2.05) is 18.2 Å². The molecule has 2 rings (SSSR count). The molecule has 1 aromatic heterocycles. The summed E-state index contributed by atoms with van der Waals surface area (Å²) < 4.78 is 4.94. The molecule has 0 aliphatic heterocycles. The first kappa shape index (κ1) is 13.3. The molecule has 100 valence electrons. The largest absolute Gasteiger partial charge is 0.385 e. The highest BCUT2D eigenvalue weighted by atomic mass is 16.5. The first-order valence-electron chi connectivity index (χ1n) is 6.17. The summed E-state index contributed by atoms with van der Waals surface area (Å²) in [5.41, 5.74) is 2.59. The van der Waals surface area contributed by atoms with Gasteiger partial charge in [0.2, 0.25) is 0 Å². The van der Waals surface area contributed by atoms with Crippen LogP contribution in [0.4, 0.5) is 0 Å². The zero-order valence-corrected chi connectivity index (χ0v) is 10.8. The van der Waals surface area contributed by atoms with E-state index in [2.05, 4.69) is 15.5 Å². The van der Waals surface area contributed by atoms with Crippen molar-refractivity contribution in [3.05, 3.63) is 42.2 Å². The lowest BCUT2D eigenvalue weighted by Crippen LogP contribution is -2.25. The zero-order chi connectivity index (χ0) is 13.5. The van der Waals surface area contributed by atoms with Gasteiger partial charge in [-0.3, -0.25) is 9.89 Å². The molecule has 0 aliphatic carbocycles. The summed E-state index contributed by atoms with van der Waals surface area (Å²) in [7, 11) is 1.65. The molecule has 1 amide bonds. The van der Waals surface area contributed by atoms with Crippen LogP contribution >= 0.6 is 0 Å². The lowest BCUT2D eigenvalue weighted by Gasteiger charge is -2.06. The Balaban J connectivity index is 2.00. The van der Waals surface area contributed by atoms with Crippen LogP contribution in [0.2, 0.25) is 0 Å². The molecule has 5 heteroatoms. The molecule has 2 aromatic rings. The Kier molecular flexibility index (Phi) is 4.69. The topological polar surface area (TPSA) is 67.0 Å². The van der Waals surface area contributed by atoms with Gasteiger partial charge in [0.15, 0.2) is 0 Å². The maximum absolute atomic E-state index is 12.0. The number of H-pyrrole nitrogens is 1. The fourth-order valence-electron chi connectivity index (χ4n) is 1.77. The maximum Gasteiger partial charge on any atom is 0.251 e. The fraction of sp³-hybridized carbons (Fsp3) is 0.286. The number of methoxy groups -OCH3 is 1. The SMILES string of the molecule is COCCCNC(=O)c1cccc(-c2cn[nH]c2)c1. The van der Waals surface area contributed by atoms with Crippen molar-refractivity contribution in [1.29, 1.82) is 0 Å². The lowest BCUT2D eigenvalue weighted by atomic mass is 10.1. The summed E-state index contributed by atoms with van der Waals surface area (Å²) in [4.78, 5) is 12.0. The Bertz CT molecular complexity index is 523. The first-order valence-corrected chi connectivity index (χ1v) is 6.17. The van der Waals surface area contributed by atoms with Crippen molar-refractivity contribution in [3.63, 3.8) is 0 Å². The Hall–Kier alpha value is -2.14. The molecule has 0 saturated heterocycles. The van der Waals surface area contributed by atoms with Gasteiger partial charge in [-0.25, -0.2) is 0 Å². The van der Waals surface area contributed by atoms with E-state index in [9.17, 15) is 4.79 Å². The summed E-state index contributed by atoms with van der Waals surface area (Å²) in [6.45, 7) is 1.26. The number of ether oxygens (including phenoxy) is 1. The molecule has 0 fully saturated rings. The minimum atomic E-state index is -0.0681. The van der Waals surface area contributed by atoms with Crippen LogP contribution in [0.3, 0.4) is 0 Å². The fourth-order valence-corrected chi connectivity index (χ4v) is 1.77. The van der Waals surface area contributed by atoms with Crippen LogP contribution in [-0.2, 0) is 4.74 Å². The Labute approximate surface area is 112 Å². The molecule has 5 nitrogen and oxygen atoms in total. The summed E-state index contributed by atoms with van der Waals surface area (Å²) >= 11 is 0. The highest BCUT2D eigenvalue weighted by Crippen LogP contribution is 2.18. The number of carbonyl (C=O) groups is 1. The number of rotatable bonds is 6. The molecule has 0 unspecified atom stereocenters. The van der Waals surface area contributed by atoms with Gasteiger partial charge in [0.25, 0.3) is 5.91 Å². The number of carbonyl (C=O) groups excluding carboxylic acids is 1. The van der Waals surface area contributed by atoms with Crippen LogP contribution in [0.1, 0.15) is 16.8 Å².